The first-order chi connectivity index (χ1) is 12.2. The molecule has 0 amide bonds. The number of pyridine rings is 1. The lowest BCUT2D eigenvalue weighted by Gasteiger charge is -2.35. The number of aromatic nitrogens is 3. The zero-order chi connectivity index (χ0) is 17.2. The number of piperazine rings is 1. The van der Waals surface area contributed by atoms with Crippen LogP contribution in [-0.2, 0) is 6.54 Å². The van der Waals surface area contributed by atoms with Gasteiger partial charge in [0.25, 0.3) is 0 Å². The van der Waals surface area contributed by atoms with Crippen molar-refractivity contribution in [2.24, 2.45) is 0 Å². The molecule has 0 atom stereocenters. The molecule has 1 aliphatic heterocycles. The third kappa shape index (κ3) is 3.06. The molecular formula is C18H19N5O2. The second-order valence-corrected chi connectivity index (χ2v) is 6.15. The maximum Gasteiger partial charge on any atom is 0.384 e. The minimum atomic E-state index is -0.701. The van der Waals surface area contributed by atoms with Gasteiger partial charge in [-0.2, -0.15) is 4.98 Å². The predicted molar refractivity (Wildman–Crippen MR) is 94.9 cm³/mol. The third-order valence-corrected chi connectivity index (χ3v) is 4.53. The van der Waals surface area contributed by atoms with Gasteiger partial charge in [-0.3, -0.25) is 4.90 Å². The lowest BCUT2D eigenvalue weighted by Crippen LogP contribution is -2.47. The van der Waals surface area contributed by atoms with Gasteiger partial charge in [0.15, 0.2) is 5.65 Å². The summed E-state index contributed by atoms with van der Waals surface area (Å²) in [5.74, 6) is 0.595. The van der Waals surface area contributed by atoms with E-state index in [0.29, 0.717) is 15.9 Å². The molecule has 7 heteroatoms. The Bertz CT molecular complexity index is 933. The largest absolute Gasteiger partial charge is 0.422 e. The summed E-state index contributed by atoms with van der Waals surface area (Å²) in [6.45, 7) is 4.25. The first-order valence-electron chi connectivity index (χ1n) is 8.30. The maximum atomic E-state index is 11.9. The molecule has 3 aromatic rings. The Kier molecular flexibility index (Phi) is 4.07. The van der Waals surface area contributed by atoms with Crippen molar-refractivity contribution in [2.45, 2.75) is 6.54 Å². The molecule has 4 rings (SSSR count). The van der Waals surface area contributed by atoms with Gasteiger partial charge < -0.3 is 10.1 Å². The van der Waals surface area contributed by atoms with Crippen molar-refractivity contribution < 1.29 is 5.21 Å². The molecule has 0 spiro atoms. The highest BCUT2D eigenvalue weighted by Gasteiger charge is 2.21. The molecule has 1 aromatic carbocycles. The summed E-state index contributed by atoms with van der Waals surface area (Å²) in [4.78, 5) is 24.6. The van der Waals surface area contributed by atoms with Crippen molar-refractivity contribution in [1.29, 1.82) is 0 Å². The molecule has 1 saturated heterocycles. The second kappa shape index (κ2) is 6.52. The van der Waals surface area contributed by atoms with Gasteiger partial charge in [-0.1, -0.05) is 30.3 Å². The molecule has 7 nitrogen and oxygen atoms in total. The second-order valence-electron chi connectivity index (χ2n) is 6.15. The lowest BCUT2D eigenvalue weighted by molar-refractivity contribution is 0.182. The van der Waals surface area contributed by atoms with E-state index >= 15 is 0 Å². The number of nitrogens with zero attached hydrogens (tertiary/aromatic N) is 5. The van der Waals surface area contributed by atoms with Gasteiger partial charge in [-0.05, 0) is 17.7 Å². The molecule has 128 valence electrons. The van der Waals surface area contributed by atoms with Crippen LogP contribution in [0.25, 0.3) is 11.0 Å². The van der Waals surface area contributed by atoms with E-state index in [1.807, 2.05) is 12.1 Å². The molecule has 0 saturated carbocycles. The fourth-order valence-corrected chi connectivity index (χ4v) is 3.23. The standard InChI is InChI=1S/C18H19N5O2/c24-18-20-17(15-7-4-8-19-16(15)23(18)25)22-11-9-21(10-12-22)13-14-5-2-1-3-6-14/h1-8,25H,9-13H2. The number of rotatable bonds is 3. The molecule has 0 aliphatic carbocycles. The molecule has 3 heterocycles. The highest BCUT2D eigenvalue weighted by Crippen LogP contribution is 2.22. The Balaban J connectivity index is 1.54. The Labute approximate surface area is 144 Å². The molecule has 2 aromatic heterocycles. The quantitative estimate of drug-likeness (QED) is 0.727. The molecule has 0 unspecified atom stereocenters. The fraction of sp³-hybridized carbons (Fsp3) is 0.278. The van der Waals surface area contributed by atoms with E-state index in [0.717, 1.165) is 32.7 Å². The number of anilines is 1. The molecule has 25 heavy (non-hydrogen) atoms. The van der Waals surface area contributed by atoms with Crippen LogP contribution >= 0.6 is 0 Å². The van der Waals surface area contributed by atoms with Crippen LogP contribution < -0.4 is 10.6 Å². The smallest absolute Gasteiger partial charge is 0.384 e. The molecule has 1 N–H and O–H groups in total. The summed E-state index contributed by atoms with van der Waals surface area (Å²) >= 11 is 0. The first-order valence-corrected chi connectivity index (χ1v) is 8.30. The van der Waals surface area contributed by atoms with Crippen LogP contribution in [0, 0.1) is 0 Å². The average Bonchev–Trinajstić information content (AvgIpc) is 2.66. The van der Waals surface area contributed by atoms with E-state index in [1.54, 1.807) is 12.3 Å². The molecule has 0 radical (unpaired) electrons. The molecule has 1 aliphatic rings. The Morgan fingerprint density at radius 3 is 2.52 bits per heavy atom. The normalized spacial score (nSPS) is 15.6. The maximum absolute atomic E-state index is 11.9. The van der Waals surface area contributed by atoms with E-state index in [2.05, 4.69) is 44.0 Å². The van der Waals surface area contributed by atoms with Crippen molar-refractivity contribution in [3.05, 3.63) is 64.7 Å². The lowest BCUT2D eigenvalue weighted by atomic mass is 10.2. The summed E-state index contributed by atoms with van der Waals surface area (Å²) in [6.07, 6.45) is 1.55. The summed E-state index contributed by atoms with van der Waals surface area (Å²) in [6, 6.07) is 14.0. The minimum Gasteiger partial charge on any atom is -0.422 e. The van der Waals surface area contributed by atoms with E-state index in [9.17, 15) is 10.0 Å². The topological polar surface area (TPSA) is 74.5 Å². The molecule has 0 bridgehead atoms. The van der Waals surface area contributed by atoms with Crippen molar-refractivity contribution in [3.63, 3.8) is 0 Å². The van der Waals surface area contributed by atoms with Crippen LogP contribution in [0.4, 0.5) is 5.82 Å². The van der Waals surface area contributed by atoms with E-state index in [-0.39, 0.29) is 5.65 Å². The van der Waals surface area contributed by atoms with Crippen LogP contribution in [0.3, 0.4) is 0 Å². The monoisotopic (exact) mass is 337 g/mol. The highest BCUT2D eigenvalue weighted by atomic mass is 16.5. The zero-order valence-corrected chi connectivity index (χ0v) is 13.7. The summed E-state index contributed by atoms with van der Waals surface area (Å²) in [7, 11) is 0. The summed E-state index contributed by atoms with van der Waals surface area (Å²) < 4.78 is 0.504. The molecular weight excluding hydrogens is 318 g/mol. The zero-order valence-electron chi connectivity index (χ0n) is 13.7. The van der Waals surface area contributed by atoms with Crippen LogP contribution in [-0.4, -0.2) is 51.0 Å². The predicted octanol–water partition coefficient (Wildman–Crippen LogP) is 1.35. The summed E-state index contributed by atoms with van der Waals surface area (Å²) in [5.41, 5.74) is 0.837. The van der Waals surface area contributed by atoms with Crippen molar-refractivity contribution in [1.82, 2.24) is 19.6 Å². The van der Waals surface area contributed by atoms with Gasteiger partial charge in [-0.15, -0.1) is 4.73 Å². The van der Waals surface area contributed by atoms with Crippen molar-refractivity contribution in [2.75, 3.05) is 31.1 Å². The van der Waals surface area contributed by atoms with Crippen molar-refractivity contribution >= 4 is 16.9 Å². The number of fused-ring (bicyclic) bond motifs is 1. The Morgan fingerprint density at radius 1 is 1.00 bits per heavy atom. The number of hydrogen-bond donors (Lipinski definition) is 1. The molecule has 1 fully saturated rings. The Morgan fingerprint density at radius 2 is 1.76 bits per heavy atom. The fourth-order valence-electron chi connectivity index (χ4n) is 3.23. The van der Waals surface area contributed by atoms with Crippen LogP contribution in [0.15, 0.2) is 53.5 Å². The van der Waals surface area contributed by atoms with Crippen molar-refractivity contribution in [3.8, 4) is 0 Å². The first kappa shape index (κ1) is 15.6. The number of benzene rings is 1. The van der Waals surface area contributed by atoms with E-state index < -0.39 is 5.69 Å². The Hall–Kier alpha value is -2.93. The van der Waals surface area contributed by atoms with Crippen LogP contribution in [0.1, 0.15) is 5.56 Å². The van der Waals surface area contributed by atoms with Gasteiger partial charge in [0.1, 0.15) is 5.82 Å². The number of hydrogen-bond acceptors (Lipinski definition) is 6. The summed E-state index contributed by atoms with van der Waals surface area (Å²) in [5, 5.41) is 10.5. The van der Waals surface area contributed by atoms with Gasteiger partial charge in [0.05, 0.1) is 5.39 Å². The van der Waals surface area contributed by atoms with Crippen LogP contribution in [0.2, 0.25) is 0 Å². The highest BCUT2D eigenvalue weighted by molar-refractivity contribution is 5.86. The van der Waals surface area contributed by atoms with Gasteiger partial charge in [-0.25, -0.2) is 9.78 Å². The van der Waals surface area contributed by atoms with Crippen LogP contribution in [0.5, 0.6) is 0 Å². The third-order valence-electron chi connectivity index (χ3n) is 4.53. The van der Waals surface area contributed by atoms with Gasteiger partial charge >= 0.3 is 5.69 Å². The SMILES string of the molecule is O=c1nc(N2CCN(Cc3ccccc3)CC2)c2cccnc2n1O. The average molecular weight is 337 g/mol. The minimum absolute atomic E-state index is 0.240. The van der Waals surface area contributed by atoms with E-state index in [4.69, 9.17) is 0 Å². The van der Waals surface area contributed by atoms with Gasteiger partial charge in [0, 0.05) is 38.9 Å². The van der Waals surface area contributed by atoms with Gasteiger partial charge in [0.2, 0.25) is 0 Å². The van der Waals surface area contributed by atoms with E-state index in [1.165, 1.54) is 5.56 Å².